The second-order valence-corrected chi connectivity index (χ2v) is 2.89. The number of amides is 1. The maximum Gasteiger partial charge on any atom is 0.416 e. The smallest absolute Gasteiger partial charge is 0.365 e. The lowest BCUT2D eigenvalue weighted by atomic mass is 10.2. The van der Waals surface area contributed by atoms with E-state index >= 15 is 0 Å². The van der Waals surface area contributed by atoms with Gasteiger partial charge in [0.2, 0.25) is 5.91 Å². The molecule has 1 fully saturated rings. The monoisotopic (exact) mass is 209 g/mol. The van der Waals surface area contributed by atoms with Gasteiger partial charge < -0.3 is 9.64 Å². The van der Waals surface area contributed by atoms with Gasteiger partial charge in [-0.3, -0.25) is 4.79 Å². The molecule has 1 rings (SSSR count). The standard InChI is InChI=1S/C8H10F3NO2/c1-2-7(13)12-3-4-14-6(5-12)8(9,10)11/h2,6H,1,3-5H2. The number of carbonyl (C=O) groups excluding carboxylic acids is 1. The first-order valence-corrected chi connectivity index (χ1v) is 4.05. The fourth-order valence-electron chi connectivity index (χ4n) is 1.18. The SMILES string of the molecule is C=CC(=O)N1CCOC(C(F)(F)F)C1. The minimum absolute atomic E-state index is 0.0935. The Labute approximate surface area is 79.1 Å². The van der Waals surface area contributed by atoms with Gasteiger partial charge in [-0.25, -0.2) is 0 Å². The average molecular weight is 209 g/mol. The fraction of sp³-hybridized carbons (Fsp3) is 0.625. The van der Waals surface area contributed by atoms with Gasteiger partial charge in [0.05, 0.1) is 13.2 Å². The maximum absolute atomic E-state index is 12.2. The third-order valence-corrected chi connectivity index (χ3v) is 1.92. The Kier molecular flexibility index (Phi) is 3.15. The first-order chi connectivity index (χ1) is 6.45. The zero-order chi connectivity index (χ0) is 10.8. The molecular weight excluding hydrogens is 199 g/mol. The van der Waals surface area contributed by atoms with Crippen molar-refractivity contribution in [3.63, 3.8) is 0 Å². The van der Waals surface area contributed by atoms with E-state index in [-0.39, 0.29) is 13.2 Å². The van der Waals surface area contributed by atoms with E-state index in [0.29, 0.717) is 0 Å². The number of alkyl halides is 3. The van der Waals surface area contributed by atoms with Crippen LogP contribution < -0.4 is 0 Å². The summed E-state index contributed by atoms with van der Waals surface area (Å²) in [6.45, 7) is 2.84. The van der Waals surface area contributed by atoms with Crippen LogP contribution in [0, 0.1) is 0 Å². The molecule has 0 radical (unpaired) electrons. The summed E-state index contributed by atoms with van der Waals surface area (Å²) in [7, 11) is 0. The number of rotatable bonds is 1. The molecule has 6 heteroatoms. The number of ether oxygens (including phenoxy) is 1. The van der Waals surface area contributed by atoms with Crippen LogP contribution in [-0.2, 0) is 9.53 Å². The Hall–Kier alpha value is -1.04. The van der Waals surface area contributed by atoms with Crippen LogP contribution >= 0.6 is 0 Å². The van der Waals surface area contributed by atoms with E-state index in [1.54, 1.807) is 0 Å². The van der Waals surface area contributed by atoms with Crippen LogP contribution in [0.5, 0.6) is 0 Å². The number of halogens is 3. The molecule has 14 heavy (non-hydrogen) atoms. The van der Waals surface area contributed by atoms with Crippen molar-refractivity contribution < 1.29 is 22.7 Å². The second-order valence-electron chi connectivity index (χ2n) is 2.89. The Bertz CT molecular complexity index is 239. The number of hydrogen-bond donors (Lipinski definition) is 0. The Morgan fingerprint density at radius 2 is 2.21 bits per heavy atom. The van der Waals surface area contributed by atoms with Gasteiger partial charge in [-0.1, -0.05) is 6.58 Å². The van der Waals surface area contributed by atoms with Crippen molar-refractivity contribution in [3.05, 3.63) is 12.7 Å². The van der Waals surface area contributed by atoms with Gasteiger partial charge in [-0.2, -0.15) is 13.2 Å². The van der Waals surface area contributed by atoms with Crippen molar-refractivity contribution in [3.8, 4) is 0 Å². The molecule has 1 aliphatic rings. The number of hydrogen-bond acceptors (Lipinski definition) is 2. The highest BCUT2D eigenvalue weighted by molar-refractivity contribution is 5.87. The zero-order valence-electron chi connectivity index (χ0n) is 7.38. The first-order valence-electron chi connectivity index (χ1n) is 4.05. The topological polar surface area (TPSA) is 29.5 Å². The van der Waals surface area contributed by atoms with Gasteiger partial charge in [0, 0.05) is 6.54 Å². The molecule has 0 aliphatic carbocycles. The van der Waals surface area contributed by atoms with E-state index in [0.717, 1.165) is 11.0 Å². The summed E-state index contributed by atoms with van der Waals surface area (Å²) in [6, 6.07) is 0. The van der Waals surface area contributed by atoms with Crippen molar-refractivity contribution >= 4 is 5.91 Å². The van der Waals surface area contributed by atoms with Crippen LogP contribution in [-0.4, -0.2) is 42.8 Å². The van der Waals surface area contributed by atoms with Gasteiger partial charge in [0.1, 0.15) is 0 Å². The first kappa shape index (κ1) is 11.0. The van der Waals surface area contributed by atoms with E-state index in [1.807, 2.05) is 0 Å². The largest absolute Gasteiger partial charge is 0.416 e. The van der Waals surface area contributed by atoms with E-state index in [4.69, 9.17) is 0 Å². The maximum atomic E-state index is 12.2. The molecule has 1 aliphatic heterocycles. The molecule has 0 aromatic carbocycles. The van der Waals surface area contributed by atoms with E-state index in [1.165, 1.54) is 0 Å². The lowest BCUT2D eigenvalue weighted by Crippen LogP contribution is -2.50. The van der Waals surface area contributed by atoms with Gasteiger partial charge >= 0.3 is 6.18 Å². The summed E-state index contributed by atoms with van der Waals surface area (Å²) < 4.78 is 41.1. The van der Waals surface area contributed by atoms with E-state index in [2.05, 4.69) is 11.3 Å². The highest BCUT2D eigenvalue weighted by Gasteiger charge is 2.43. The fourth-order valence-corrected chi connectivity index (χ4v) is 1.18. The van der Waals surface area contributed by atoms with Crippen molar-refractivity contribution in [1.82, 2.24) is 4.90 Å². The van der Waals surface area contributed by atoms with Crippen LogP contribution in [0.25, 0.3) is 0 Å². The normalized spacial score (nSPS) is 23.4. The van der Waals surface area contributed by atoms with Gasteiger partial charge in [-0.15, -0.1) is 0 Å². The van der Waals surface area contributed by atoms with Gasteiger partial charge in [-0.05, 0) is 6.08 Å². The van der Waals surface area contributed by atoms with Crippen LogP contribution in [0.1, 0.15) is 0 Å². The summed E-state index contributed by atoms with van der Waals surface area (Å²) in [4.78, 5) is 12.1. The molecule has 1 unspecified atom stereocenters. The van der Waals surface area contributed by atoms with Crippen LogP contribution in [0.2, 0.25) is 0 Å². The lowest BCUT2D eigenvalue weighted by molar-refractivity contribution is -0.235. The molecule has 3 nitrogen and oxygen atoms in total. The lowest BCUT2D eigenvalue weighted by Gasteiger charge is -2.33. The molecule has 1 heterocycles. The van der Waals surface area contributed by atoms with Crippen molar-refractivity contribution in [2.45, 2.75) is 12.3 Å². The van der Waals surface area contributed by atoms with Crippen LogP contribution in [0.3, 0.4) is 0 Å². The predicted octanol–water partition coefficient (Wildman–Crippen LogP) is 0.962. The van der Waals surface area contributed by atoms with E-state index < -0.39 is 24.7 Å². The molecule has 0 spiro atoms. The van der Waals surface area contributed by atoms with Crippen molar-refractivity contribution in [1.29, 1.82) is 0 Å². The summed E-state index contributed by atoms with van der Waals surface area (Å²) in [6.07, 6.45) is -5.29. The molecule has 1 atom stereocenters. The second kappa shape index (κ2) is 4.00. The summed E-state index contributed by atoms with van der Waals surface area (Å²) >= 11 is 0. The third-order valence-electron chi connectivity index (χ3n) is 1.92. The highest BCUT2D eigenvalue weighted by Crippen LogP contribution is 2.25. The molecule has 0 N–H and O–H groups in total. The molecule has 1 saturated heterocycles. The Morgan fingerprint density at radius 1 is 1.57 bits per heavy atom. The summed E-state index contributed by atoms with van der Waals surface area (Å²) in [5, 5.41) is 0. The Morgan fingerprint density at radius 3 is 2.71 bits per heavy atom. The molecular formula is C8H10F3NO2. The molecule has 0 aromatic heterocycles. The quantitative estimate of drug-likeness (QED) is 0.602. The summed E-state index contributed by atoms with van der Waals surface area (Å²) in [5.74, 6) is -0.498. The van der Waals surface area contributed by atoms with E-state index in [9.17, 15) is 18.0 Å². The molecule has 80 valence electrons. The molecule has 0 saturated carbocycles. The average Bonchev–Trinajstić information content (AvgIpc) is 2.15. The minimum Gasteiger partial charge on any atom is -0.365 e. The summed E-state index contributed by atoms with van der Waals surface area (Å²) in [5.41, 5.74) is 0. The minimum atomic E-state index is -4.42. The van der Waals surface area contributed by atoms with Gasteiger partial charge in [0.15, 0.2) is 6.10 Å². The number of morpholine rings is 1. The van der Waals surface area contributed by atoms with Crippen molar-refractivity contribution in [2.75, 3.05) is 19.7 Å². The van der Waals surface area contributed by atoms with Crippen LogP contribution in [0.4, 0.5) is 13.2 Å². The molecule has 0 bridgehead atoms. The number of nitrogens with zero attached hydrogens (tertiary/aromatic N) is 1. The van der Waals surface area contributed by atoms with Gasteiger partial charge in [0.25, 0.3) is 0 Å². The zero-order valence-corrected chi connectivity index (χ0v) is 7.38. The molecule has 0 aromatic rings. The highest BCUT2D eigenvalue weighted by atomic mass is 19.4. The third kappa shape index (κ3) is 2.47. The van der Waals surface area contributed by atoms with Crippen LogP contribution in [0.15, 0.2) is 12.7 Å². The Balaban J connectivity index is 2.60. The van der Waals surface area contributed by atoms with Crippen molar-refractivity contribution in [2.24, 2.45) is 0 Å². The number of carbonyl (C=O) groups is 1. The predicted molar refractivity (Wildman–Crippen MR) is 42.6 cm³/mol. The molecule has 1 amide bonds.